The fourth-order valence-electron chi connectivity index (χ4n) is 3.35. The summed E-state index contributed by atoms with van der Waals surface area (Å²) in [4.78, 5) is 18.6. The minimum absolute atomic E-state index is 0.182. The van der Waals surface area contributed by atoms with Crippen molar-refractivity contribution in [1.29, 1.82) is 0 Å². The molecule has 0 unspecified atom stereocenters. The first-order valence-electron chi connectivity index (χ1n) is 8.70. The van der Waals surface area contributed by atoms with Crippen molar-refractivity contribution in [1.82, 2.24) is 20.1 Å². The van der Waals surface area contributed by atoms with E-state index < -0.39 is 0 Å². The number of hydrogen-bond acceptors (Lipinski definition) is 4. The number of pyridine rings is 1. The minimum Gasteiger partial charge on any atom is -0.364 e. The molecule has 0 radical (unpaired) electrons. The number of nitrogens with one attached hydrogen (secondary N) is 1. The molecule has 0 aromatic carbocycles. The monoisotopic (exact) mass is 325 g/mol. The van der Waals surface area contributed by atoms with E-state index in [0.717, 1.165) is 43.9 Å². The van der Waals surface area contributed by atoms with Crippen molar-refractivity contribution in [2.75, 3.05) is 11.4 Å². The Morgan fingerprint density at radius 1 is 1.33 bits per heavy atom. The summed E-state index contributed by atoms with van der Waals surface area (Å²) in [5, 5.41) is 7.66. The molecule has 1 aliphatic carbocycles. The summed E-state index contributed by atoms with van der Waals surface area (Å²) in [5.74, 6) is 0.411. The molecule has 2 aromatic heterocycles. The fourth-order valence-corrected chi connectivity index (χ4v) is 3.35. The van der Waals surface area contributed by atoms with E-state index in [1.165, 1.54) is 17.8 Å². The molecule has 1 aliphatic heterocycles. The maximum atomic E-state index is 12.0. The van der Waals surface area contributed by atoms with Gasteiger partial charge in [0, 0.05) is 30.0 Å². The molecule has 1 fully saturated rings. The zero-order valence-electron chi connectivity index (χ0n) is 14.0. The number of hydrogen-bond donors (Lipinski definition) is 1. The van der Waals surface area contributed by atoms with Gasteiger partial charge in [0.25, 0.3) is 0 Å². The highest BCUT2D eigenvalue weighted by Crippen LogP contribution is 2.26. The van der Waals surface area contributed by atoms with Gasteiger partial charge in [-0.25, -0.2) is 0 Å². The van der Waals surface area contributed by atoms with E-state index in [0.29, 0.717) is 6.54 Å². The lowest BCUT2D eigenvalue weighted by atomic mass is 9.85. The highest BCUT2D eigenvalue weighted by atomic mass is 16.1. The molecule has 3 heterocycles. The van der Waals surface area contributed by atoms with Crippen molar-refractivity contribution in [3.05, 3.63) is 41.5 Å². The van der Waals surface area contributed by atoms with E-state index in [1.807, 2.05) is 13.1 Å². The topological polar surface area (TPSA) is 63.1 Å². The molecule has 1 amide bonds. The van der Waals surface area contributed by atoms with E-state index in [1.54, 1.807) is 0 Å². The number of amides is 1. The van der Waals surface area contributed by atoms with E-state index in [4.69, 9.17) is 0 Å². The van der Waals surface area contributed by atoms with Crippen LogP contribution in [0.15, 0.2) is 24.4 Å². The van der Waals surface area contributed by atoms with Crippen LogP contribution in [0.25, 0.3) is 0 Å². The van der Waals surface area contributed by atoms with E-state index in [2.05, 4.69) is 43.2 Å². The second-order valence-electron chi connectivity index (χ2n) is 6.77. The number of fused-ring (bicyclic) bond motifs is 1. The predicted octanol–water partition coefficient (Wildman–Crippen LogP) is 2.02. The molecule has 0 bridgehead atoms. The maximum absolute atomic E-state index is 12.0. The van der Waals surface area contributed by atoms with Crippen molar-refractivity contribution in [3.8, 4) is 0 Å². The summed E-state index contributed by atoms with van der Waals surface area (Å²) in [6.07, 6.45) is 5.11. The van der Waals surface area contributed by atoms with Crippen molar-refractivity contribution in [2.24, 2.45) is 5.92 Å². The van der Waals surface area contributed by atoms with Crippen LogP contribution in [0, 0.1) is 12.8 Å². The van der Waals surface area contributed by atoms with Gasteiger partial charge in [-0.2, -0.15) is 5.10 Å². The van der Waals surface area contributed by atoms with Crippen molar-refractivity contribution >= 4 is 11.6 Å². The molecule has 1 N–H and O–H groups in total. The van der Waals surface area contributed by atoms with Gasteiger partial charge >= 0.3 is 0 Å². The quantitative estimate of drug-likeness (QED) is 0.934. The van der Waals surface area contributed by atoms with Crippen LogP contribution in [0.3, 0.4) is 0 Å². The first-order chi connectivity index (χ1) is 11.7. The van der Waals surface area contributed by atoms with Gasteiger partial charge < -0.3 is 10.2 Å². The molecular formula is C18H23N5O. The molecule has 1 saturated carbocycles. The van der Waals surface area contributed by atoms with Crippen molar-refractivity contribution in [2.45, 2.75) is 45.8 Å². The standard InChI is InChI=1S/C18H23N5O/c1-13-9-16(5-6-19-13)22-7-8-23-17(12-22)10-15(21-23)11-20-18(24)14-3-2-4-14/h5-6,9-10,14H,2-4,7-8,11-12H2,1H3,(H,20,24). The Kier molecular flexibility index (Phi) is 3.96. The van der Waals surface area contributed by atoms with E-state index in [-0.39, 0.29) is 11.8 Å². The third kappa shape index (κ3) is 3.00. The molecule has 2 aromatic rings. The first-order valence-corrected chi connectivity index (χ1v) is 8.70. The number of nitrogens with zero attached hydrogens (tertiary/aromatic N) is 4. The Bertz CT molecular complexity index is 750. The summed E-state index contributed by atoms with van der Waals surface area (Å²) >= 11 is 0. The average molecular weight is 325 g/mol. The highest BCUT2D eigenvalue weighted by Gasteiger charge is 2.25. The number of aryl methyl sites for hydroxylation is 1. The predicted molar refractivity (Wildman–Crippen MR) is 91.4 cm³/mol. The largest absolute Gasteiger partial charge is 0.364 e. The highest BCUT2D eigenvalue weighted by molar-refractivity contribution is 5.79. The lowest BCUT2D eigenvalue weighted by Crippen LogP contribution is -2.34. The van der Waals surface area contributed by atoms with E-state index in [9.17, 15) is 4.79 Å². The molecule has 6 nitrogen and oxygen atoms in total. The normalized spacial score (nSPS) is 17.3. The van der Waals surface area contributed by atoms with Gasteiger partial charge in [-0.3, -0.25) is 14.5 Å². The van der Waals surface area contributed by atoms with Crippen LogP contribution >= 0.6 is 0 Å². The number of carbonyl (C=O) groups excluding carboxylic acids is 1. The Balaban J connectivity index is 1.41. The summed E-state index contributed by atoms with van der Waals surface area (Å²) in [6.45, 7) is 5.19. The van der Waals surface area contributed by atoms with Crippen molar-refractivity contribution in [3.63, 3.8) is 0 Å². The Labute approximate surface area is 141 Å². The first kappa shape index (κ1) is 15.2. The zero-order valence-corrected chi connectivity index (χ0v) is 14.0. The molecule has 4 rings (SSSR count). The number of carbonyl (C=O) groups is 1. The Morgan fingerprint density at radius 3 is 2.96 bits per heavy atom. The second-order valence-corrected chi connectivity index (χ2v) is 6.77. The molecule has 0 atom stereocenters. The summed E-state index contributed by atoms with van der Waals surface area (Å²) < 4.78 is 2.06. The summed E-state index contributed by atoms with van der Waals surface area (Å²) in [7, 11) is 0. The maximum Gasteiger partial charge on any atom is 0.223 e. The molecule has 24 heavy (non-hydrogen) atoms. The molecule has 0 saturated heterocycles. The molecule has 6 heteroatoms. The van der Waals surface area contributed by atoms with Gasteiger partial charge in [-0.05, 0) is 38.0 Å². The molecule has 126 valence electrons. The molecule has 2 aliphatic rings. The van der Waals surface area contributed by atoms with Crippen molar-refractivity contribution < 1.29 is 4.79 Å². The minimum atomic E-state index is 0.182. The lowest BCUT2D eigenvalue weighted by Gasteiger charge is -2.29. The lowest BCUT2D eigenvalue weighted by molar-refractivity contribution is -0.127. The van der Waals surface area contributed by atoms with Crippen LogP contribution in [-0.2, 0) is 24.4 Å². The molecule has 0 spiro atoms. The average Bonchev–Trinajstić information content (AvgIpc) is 2.93. The van der Waals surface area contributed by atoms with E-state index >= 15 is 0 Å². The van der Waals surface area contributed by atoms with Crippen LogP contribution in [0.1, 0.15) is 36.3 Å². The summed E-state index contributed by atoms with van der Waals surface area (Å²) in [6, 6.07) is 6.28. The van der Waals surface area contributed by atoms with Crippen LogP contribution in [0.4, 0.5) is 5.69 Å². The Hall–Kier alpha value is -2.37. The second kappa shape index (κ2) is 6.26. The van der Waals surface area contributed by atoms with Gasteiger partial charge in [0.1, 0.15) is 0 Å². The zero-order chi connectivity index (χ0) is 16.5. The van der Waals surface area contributed by atoms with Crippen LogP contribution in [-0.4, -0.2) is 27.2 Å². The number of rotatable bonds is 4. The van der Waals surface area contributed by atoms with Crippen LogP contribution in [0.5, 0.6) is 0 Å². The van der Waals surface area contributed by atoms with Gasteiger partial charge in [-0.1, -0.05) is 6.42 Å². The fraction of sp³-hybridized carbons (Fsp3) is 0.500. The van der Waals surface area contributed by atoms with Gasteiger partial charge in [0.15, 0.2) is 0 Å². The van der Waals surface area contributed by atoms with Gasteiger partial charge in [0.05, 0.1) is 31.0 Å². The molecular weight excluding hydrogens is 302 g/mol. The van der Waals surface area contributed by atoms with Gasteiger partial charge in [0.2, 0.25) is 5.91 Å². The number of aromatic nitrogens is 3. The Morgan fingerprint density at radius 2 is 2.21 bits per heavy atom. The van der Waals surface area contributed by atoms with Crippen LogP contribution < -0.4 is 10.2 Å². The number of anilines is 1. The third-order valence-electron chi connectivity index (χ3n) is 5.01. The van der Waals surface area contributed by atoms with Crippen LogP contribution in [0.2, 0.25) is 0 Å². The van der Waals surface area contributed by atoms with Gasteiger partial charge in [-0.15, -0.1) is 0 Å². The third-order valence-corrected chi connectivity index (χ3v) is 5.01. The summed E-state index contributed by atoms with van der Waals surface area (Å²) in [5.41, 5.74) is 4.38. The smallest absolute Gasteiger partial charge is 0.223 e. The SMILES string of the molecule is Cc1cc(N2CCn3nc(CNC(=O)C4CCC4)cc3C2)ccn1.